The number of likely N-dealkylation sites (N-methyl/N-ethyl adjacent to an activating group) is 1. The summed E-state index contributed by atoms with van der Waals surface area (Å²) in [6.07, 6.45) is 1.64. The van der Waals surface area contributed by atoms with Crippen molar-refractivity contribution in [1.82, 2.24) is 4.90 Å². The number of amides is 1. The number of halogens is 1. The van der Waals surface area contributed by atoms with Crippen LogP contribution in [0.5, 0.6) is 0 Å². The number of carbonyl (C=O) groups excluding carboxylic acids is 1. The van der Waals surface area contributed by atoms with E-state index in [2.05, 4.69) is 4.99 Å². The lowest BCUT2D eigenvalue weighted by Gasteiger charge is -2.04. The molecule has 1 aliphatic heterocycles. The number of nitrogens with zero attached hydrogens (tertiary/aromatic N) is 2. The molecular formula is C17H13ClN2O4S. The van der Waals surface area contributed by atoms with Gasteiger partial charge in [0, 0.05) is 25.7 Å². The zero-order valence-electron chi connectivity index (χ0n) is 13.3. The van der Waals surface area contributed by atoms with Gasteiger partial charge in [-0.3, -0.25) is 14.7 Å². The van der Waals surface area contributed by atoms with Crippen LogP contribution >= 0.6 is 23.4 Å². The van der Waals surface area contributed by atoms with Crippen molar-refractivity contribution in [2.45, 2.75) is 0 Å². The molecule has 1 saturated heterocycles. The first-order valence-electron chi connectivity index (χ1n) is 7.18. The quantitative estimate of drug-likeness (QED) is 0.823. The topological polar surface area (TPSA) is 83.1 Å². The maximum Gasteiger partial charge on any atom is 0.337 e. The molecule has 0 aliphatic carbocycles. The summed E-state index contributed by atoms with van der Waals surface area (Å²) in [6.45, 7) is 0. The van der Waals surface area contributed by atoms with Crippen molar-refractivity contribution in [3.63, 3.8) is 0 Å². The first-order chi connectivity index (χ1) is 11.9. The lowest BCUT2D eigenvalue weighted by molar-refractivity contribution is -0.121. The van der Waals surface area contributed by atoms with Crippen molar-refractivity contribution in [2.75, 3.05) is 14.1 Å². The van der Waals surface area contributed by atoms with Crippen molar-refractivity contribution in [3.8, 4) is 11.3 Å². The van der Waals surface area contributed by atoms with Gasteiger partial charge in [0.1, 0.15) is 11.5 Å². The van der Waals surface area contributed by atoms with E-state index in [1.165, 1.54) is 28.8 Å². The number of rotatable bonds is 3. The molecule has 25 heavy (non-hydrogen) atoms. The number of carboxylic acid groups (broad SMARTS) is 1. The molecule has 0 spiro atoms. The highest BCUT2D eigenvalue weighted by Crippen LogP contribution is 2.33. The van der Waals surface area contributed by atoms with E-state index in [-0.39, 0.29) is 16.5 Å². The Morgan fingerprint density at radius 3 is 2.76 bits per heavy atom. The monoisotopic (exact) mass is 376 g/mol. The van der Waals surface area contributed by atoms with Gasteiger partial charge in [0.25, 0.3) is 5.91 Å². The van der Waals surface area contributed by atoms with E-state index in [9.17, 15) is 9.59 Å². The Hall–Kier alpha value is -2.51. The van der Waals surface area contributed by atoms with Crippen LogP contribution in [0.25, 0.3) is 17.4 Å². The van der Waals surface area contributed by atoms with Crippen molar-refractivity contribution >= 4 is 46.5 Å². The normalized spacial score (nSPS) is 17.7. The lowest BCUT2D eigenvalue weighted by atomic mass is 10.1. The van der Waals surface area contributed by atoms with E-state index in [0.717, 1.165) is 0 Å². The molecule has 0 atom stereocenters. The van der Waals surface area contributed by atoms with Gasteiger partial charge in [0.15, 0.2) is 5.17 Å². The number of thioether (sulfide) groups is 1. The van der Waals surface area contributed by atoms with Gasteiger partial charge in [-0.05, 0) is 42.1 Å². The predicted octanol–water partition coefficient (Wildman–Crippen LogP) is 3.83. The second-order valence-corrected chi connectivity index (χ2v) is 6.60. The van der Waals surface area contributed by atoms with E-state index >= 15 is 0 Å². The van der Waals surface area contributed by atoms with Crippen LogP contribution < -0.4 is 0 Å². The van der Waals surface area contributed by atoms with Gasteiger partial charge in [-0.1, -0.05) is 11.6 Å². The average Bonchev–Trinajstić information content (AvgIpc) is 3.15. The molecule has 1 aromatic heterocycles. The van der Waals surface area contributed by atoms with Crippen LogP contribution in [0.2, 0.25) is 5.02 Å². The minimum Gasteiger partial charge on any atom is -0.478 e. The summed E-state index contributed by atoms with van der Waals surface area (Å²) in [7, 11) is 3.29. The van der Waals surface area contributed by atoms with Crippen LogP contribution in [0, 0.1) is 0 Å². The second-order valence-electron chi connectivity index (χ2n) is 5.18. The third-order valence-corrected chi connectivity index (χ3v) is 5.06. The van der Waals surface area contributed by atoms with E-state index in [0.29, 0.717) is 27.2 Å². The van der Waals surface area contributed by atoms with Gasteiger partial charge >= 0.3 is 5.97 Å². The molecule has 3 rings (SSSR count). The van der Waals surface area contributed by atoms with Crippen molar-refractivity contribution < 1.29 is 19.1 Å². The molecule has 1 fully saturated rings. The number of benzene rings is 1. The highest BCUT2D eigenvalue weighted by molar-refractivity contribution is 8.18. The molecule has 8 heteroatoms. The van der Waals surface area contributed by atoms with E-state index < -0.39 is 5.97 Å². The molecule has 0 bridgehead atoms. The Bertz CT molecular complexity index is 932. The predicted molar refractivity (Wildman–Crippen MR) is 97.8 cm³/mol. The molecule has 1 amide bonds. The number of furan rings is 1. The Morgan fingerprint density at radius 2 is 2.12 bits per heavy atom. The molecule has 0 radical (unpaired) electrons. The Labute approximate surface area is 152 Å². The fourth-order valence-electron chi connectivity index (χ4n) is 2.31. The Balaban J connectivity index is 1.91. The summed E-state index contributed by atoms with van der Waals surface area (Å²) in [5.74, 6) is -0.283. The Kier molecular flexibility index (Phi) is 4.69. The molecule has 1 N–H and O–H groups in total. The average molecular weight is 377 g/mol. The zero-order chi connectivity index (χ0) is 18.1. The third-order valence-electron chi connectivity index (χ3n) is 3.58. The van der Waals surface area contributed by atoms with Crippen molar-refractivity contribution in [1.29, 1.82) is 0 Å². The fourth-order valence-corrected chi connectivity index (χ4v) is 3.41. The van der Waals surface area contributed by atoms with Gasteiger partial charge < -0.3 is 9.52 Å². The number of hydrogen-bond donors (Lipinski definition) is 1. The standard InChI is InChI=1S/C17H13ClN2O4S/c1-19-17-20(2)15(21)14(25-17)8-10-4-6-13(24-10)9-3-5-12(18)11(7-9)16(22)23/h3-8H,1-2H3,(H,22,23)/b14-8-,19-17?. The summed E-state index contributed by atoms with van der Waals surface area (Å²) in [5, 5.41) is 9.93. The van der Waals surface area contributed by atoms with Crippen LogP contribution in [0.1, 0.15) is 16.1 Å². The van der Waals surface area contributed by atoms with Crippen LogP contribution in [-0.2, 0) is 4.79 Å². The summed E-state index contributed by atoms with van der Waals surface area (Å²) in [4.78, 5) is 29.4. The van der Waals surface area contributed by atoms with Crippen molar-refractivity contribution in [3.05, 3.63) is 51.6 Å². The van der Waals surface area contributed by atoms with Crippen LogP contribution in [0.3, 0.4) is 0 Å². The lowest BCUT2D eigenvalue weighted by Crippen LogP contribution is -2.23. The summed E-state index contributed by atoms with van der Waals surface area (Å²) < 4.78 is 5.72. The third kappa shape index (κ3) is 3.33. The fraction of sp³-hybridized carbons (Fsp3) is 0.118. The molecule has 0 saturated carbocycles. The molecule has 2 heterocycles. The summed E-state index contributed by atoms with van der Waals surface area (Å²) >= 11 is 7.14. The van der Waals surface area contributed by atoms with E-state index in [1.807, 2.05) is 0 Å². The van der Waals surface area contributed by atoms with Gasteiger partial charge in [-0.15, -0.1) is 0 Å². The molecular weight excluding hydrogens is 364 g/mol. The zero-order valence-corrected chi connectivity index (χ0v) is 14.9. The number of aromatic carboxylic acids is 1. The minimum absolute atomic E-state index is 0.00224. The van der Waals surface area contributed by atoms with Gasteiger partial charge in [0.2, 0.25) is 0 Å². The van der Waals surface area contributed by atoms with Crippen LogP contribution in [0.4, 0.5) is 0 Å². The molecule has 1 aliphatic rings. The smallest absolute Gasteiger partial charge is 0.337 e. The molecule has 2 aromatic rings. The highest BCUT2D eigenvalue weighted by atomic mass is 35.5. The second kappa shape index (κ2) is 6.78. The maximum absolute atomic E-state index is 12.1. The maximum atomic E-state index is 12.1. The highest BCUT2D eigenvalue weighted by Gasteiger charge is 2.30. The van der Waals surface area contributed by atoms with E-state index in [1.54, 1.807) is 38.4 Å². The van der Waals surface area contributed by atoms with Crippen molar-refractivity contribution in [2.24, 2.45) is 4.99 Å². The summed E-state index contributed by atoms with van der Waals surface area (Å²) in [6, 6.07) is 8.06. The largest absolute Gasteiger partial charge is 0.478 e. The first-order valence-corrected chi connectivity index (χ1v) is 8.37. The van der Waals surface area contributed by atoms with Gasteiger partial charge in [0.05, 0.1) is 15.5 Å². The van der Waals surface area contributed by atoms with Gasteiger partial charge in [-0.2, -0.15) is 0 Å². The van der Waals surface area contributed by atoms with Crippen LogP contribution in [0.15, 0.2) is 44.6 Å². The number of hydrogen-bond acceptors (Lipinski definition) is 5. The molecule has 1 aromatic carbocycles. The number of carboxylic acids is 1. The van der Waals surface area contributed by atoms with Crippen LogP contribution in [-0.4, -0.2) is 41.1 Å². The molecule has 6 nitrogen and oxygen atoms in total. The first kappa shape index (κ1) is 17.3. The minimum atomic E-state index is -1.11. The molecule has 0 unspecified atom stereocenters. The van der Waals surface area contributed by atoms with Gasteiger partial charge in [-0.25, -0.2) is 4.79 Å². The number of aliphatic imine (C=N–C) groups is 1. The molecule has 128 valence electrons. The van der Waals surface area contributed by atoms with E-state index in [4.69, 9.17) is 21.1 Å². The Morgan fingerprint density at radius 1 is 1.36 bits per heavy atom. The summed E-state index contributed by atoms with van der Waals surface area (Å²) in [5.41, 5.74) is 0.590. The SMILES string of the molecule is CN=C1S/C(=C\c2ccc(-c3ccc(Cl)c(C(=O)O)c3)o2)C(=O)N1C. The number of carbonyl (C=O) groups is 2. The number of amidine groups is 1.